The molecule has 3 saturated heterocycles. The van der Waals surface area contributed by atoms with Crippen molar-refractivity contribution in [3.8, 4) is 0 Å². The Bertz CT molecular complexity index is 1260. The van der Waals surface area contributed by atoms with Gasteiger partial charge >= 0.3 is 13.2 Å². The second-order valence-electron chi connectivity index (χ2n) is 15.9. The number of fused-ring (bicyclic) bond motifs is 2. The van der Waals surface area contributed by atoms with E-state index in [0.29, 0.717) is 38.9 Å². The van der Waals surface area contributed by atoms with Crippen LogP contribution in [0.3, 0.4) is 0 Å². The number of benzene rings is 1. The first-order valence-electron chi connectivity index (χ1n) is 16.2. The second kappa shape index (κ2) is 10.2. The van der Waals surface area contributed by atoms with Gasteiger partial charge in [-0.25, -0.2) is 9.18 Å². The summed E-state index contributed by atoms with van der Waals surface area (Å²) in [5, 5.41) is 0. The first-order chi connectivity index (χ1) is 19.9. The minimum atomic E-state index is -1.15. The van der Waals surface area contributed by atoms with Crippen molar-refractivity contribution in [1.82, 2.24) is 9.80 Å². The van der Waals surface area contributed by atoms with Gasteiger partial charge in [-0.2, -0.15) is 0 Å². The molecule has 236 valence electrons. The standard InChI is InChI=1S/C33H49BFN3O5/c1-29(2,3)41-28(40)36-16-13-33(14-17-36)25-11-10-22(34-42-30(4,5)31(6,7)43-34)18-26(25)38(27(33)39)24-19-23(20-24)37-15-9-12-32(8,35)21-37/h10-11,18,23-24H,9,12-17,19-21H2,1-8H3/t23-,24+,32?. The third-order valence-electron chi connectivity index (χ3n) is 10.9. The summed E-state index contributed by atoms with van der Waals surface area (Å²) in [4.78, 5) is 33.5. The van der Waals surface area contributed by atoms with Gasteiger partial charge in [-0.15, -0.1) is 0 Å². The van der Waals surface area contributed by atoms with Crippen LogP contribution in [0.1, 0.15) is 99.5 Å². The Morgan fingerprint density at radius 3 is 2.19 bits per heavy atom. The fraction of sp³-hybridized carbons (Fsp3) is 0.758. The highest BCUT2D eigenvalue weighted by molar-refractivity contribution is 6.62. The smallest absolute Gasteiger partial charge is 0.444 e. The maximum absolute atomic E-state index is 14.9. The van der Waals surface area contributed by atoms with Gasteiger partial charge in [0.15, 0.2) is 0 Å². The zero-order valence-electron chi connectivity index (χ0n) is 27.3. The van der Waals surface area contributed by atoms with E-state index in [2.05, 4.69) is 17.0 Å². The van der Waals surface area contributed by atoms with E-state index in [1.165, 1.54) is 0 Å². The molecule has 1 atom stereocenters. The molecule has 43 heavy (non-hydrogen) atoms. The topological polar surface area (TPSA) is 71.6 Å². The molecule has 0 N–H and O–H groups in total. The van der Waals surface area contributed by atoms with Gasteiger partial charge in [0.05, 0.1) is 16.6 Å². The van der Waals surface area contributed by atoms with Crippen molar-refractivity contribution < 1.29 is 28.0 Å². The zero-order valence-corrected chi connectivity index (χ0v) is 27.3. The molecule has 8 nitrogen and oxygen atoms in total. The number of ether oxygens (including phenoxy) is 1. The van der Waals surface area contributed by atoms with Crippen LogP contribution in [0.25, 0.3) is 0 Å². The average Bonchev–Trinajstić information content (AvgIpc) is 3.22. The molecule has 1 spiro atoms. The summed E-state index contributed by atoms with van der Waals surface area (Å²) in [6.45, 7) is 17.8. The Kier molecular flexibility index (Phi) is 7.30. The predicted octanol–water partition coefficient (Wildman–Crippen LogP) is 4.96. The lowest BCUT2D eigenvalue weighted by molar-refractivity contribution is -0.126. The molecule has 5 aliphatic rings. The molecule has 4 aliphatic heterocycles. The van der Waals surface area contributed by atoms with Crippen molar-refractivity contribution in [2.45, 2.75) is 134 Å². The van der Waals surface area contributed by atoms with Gasteiger partial charge < -0.3 is 23.8 Å². The molecular weight excluding hydrogens is 548 g/mol. The van der Waals surface area contributed by atoms with Gasteiger partial charge in [-0.05, 0) is 118 Å². The molecule has 0 aromatic heterocycles. The van der Waals surface area contributed by atoms with Crippen LogP contribution in [0.4, 0.5) is 14.9 Å². The Balaban J connectivity index is 1.27. The number of carbonyl (C=O) groups is 2. The molecule has 4 fully saturated rings. The van der Waals surface area contributed by atoms with E-state index in [9.17, 15) is 14.0 Å². The summed E-state index contributed by atoms with van der Waals surface area (Å²) in [7, 11) is -0.525. The molecule has 1 saturated carbocycles. The number of piperidine rings is 2. The Morgan fingerprint density at radius 2 is 1.60 bits per heavy atom. The van der Waals surface area contributed by atoms with Crippen LogP contribution in [0.5, 0.6) is 0 Å². The van der Waals surface area contributed by atoms with Crippen molar-refractivity contribution in [3.63, 3.8) is 0 Å². The van der Waals surface area contributed by atoms with E-state index in [0.717, 1.165) is 42.5 Å². The van der Waals surface area contributed by atoms with Gasteiger partial charge in [0.25, 0.3) is 0 Å². The zero-order chi connectivity index (χ0) is 31.2. The van der Waals surface area contributed by atoms with Crippen LogP contribution < -0.4 is 10.4 Å². The predicted molar refractivity (Wildman–Crippen MR) is 165 cm³/mol. The molecule has 1 aromatic carbocycles. The first kappa shape index (κ1) is 30.8. The molecule has 6 rings (SSSR count). The number of likely N-dealkylation sites (tertiary alicyclic amines) is 2. The highest BCUT2D eigenvalue weighted by atomic mass is 19.1. The van der Waals surface area contributed by atoms with E-state index in [1.807, 2.05) is 59.4 Å². The number of hydrogen-bond donors (Lipinski definition) is 0. The van der Waals surface area contributed by atoms with Crippen molar-refractivity contribution in [1.29, 1.82) is 0 Å². The minimum Gasteiger partial charge on any atom is -0.444 e. The molecule has 0 radical (unpaired) electrons. The van der Waals surface area contributed by atoms with E-state index >= 15 is 0 Å². The molecule has 4 heterocycles. The number of anilines is 1. The summed E-state index contributed by atoms with van der Waals surface area (Å²) in [6.07, 6.45) is 3.92. The number of alkyl halides is 1. The van der Waals surface area contributed by atoms with Crippen LogP contribution in [0.2, 0.25) is 0 Å². The van der Waals surface area contributed by atoms with Gasteiger partial charge in [0.2, 0.25) is 5.91 Å². The largest absolute Gasteiger partial charge is 0.494 e. The SMILES string of the molecule is CC1(F)CCCN([C@H]2C[C@@H](N3C(=O)C4(CCN(C(=O)OC(C)(C)C)CC4)c4ccc(B5OC(C)(C)C(C)(C)O5)cc43)C2)C1. The minimum absolute atomic E-state index is 0.0563. The molecular formula is C33H49BFN3O5. The number of nitrogens with zero attached hydrogens (tertiary/aromatic N) is 3. The Morgan fingerprint density at radius 1 is 0.977 bits per heavy atom. The molecule has 10 heteroatoms. The van der Waals surface area contributed by atoms with Crippen molar-refractivity contribution >= 4 is 30.3 Å². The van der Waals surface area contributed by atoms with Crippen LogP contribution >= 0.6 is 0 Å². The van der Waals surface area contributed by atoms with Crippen LogP contribution in [0, 0.1) is 0 Å². The lowest BCUT2D eigenvalue weighted by Crippen LogP contribution is -2.60. The van der Waals surface area contributed by atoms with E-state index in [-0.39, 0.29) is 24.1 Å². The van der Waals surface area contributed by atoms with Gasteiger partial charge in [-0.1, -0.05) is 12.1 Å². The highest BCUT2D eigenvalue weighted by Crippen LogP contribution is 2.51. The van der Waals surface area contributed by atoms with Crippen molar-refractivity contribution in [2.75, 3.05) is 31.1 Å². The van der Waals surface area contributed by atoms with E-state index < -0.39 is 35.0 Å². The lowest BCUT2D eigenvalue weighted by Gasteiger charge is -2.50. The van der Waals surface area contributed by atoms with Crippen LogP contribution in [-0.4, -0.2) is 89.7 Å². The first-order valence-corrected chi connectivity index (χ1v) is 16.2. The van der Waals surface area contributed by atoms with Gasteiger partial charge in [0.1, 0.15) is 11.3 Å². The monoisotopic (exact) mass is 597 g/mol. The second-order valence-corrected chi connectivity index (χ2v) is 15.9. The normalized spacial score (nSPS) is 31.7. The molecule has 1 unspecified atom stereocenters. The third-order valence-corrected chi connectivity index (χ3v) is 10.9. The molecule has 1 aliphatic carbocycles. The van der Waals surface area contributed by atoms with Crippen LogP contribution in [0.15, 0.2) is 18.2 Å². The third kappa shape index (κ3) is 5.39. The summed E-state index contributed by atoms with van der Waals surface area (Å²) in [5.41, 5.74) is -0.486. The van der Waals surface area contributed by atoms with E-state index in [1.54, 1.807) is 11.8 Å². The van der Waals surface area contributed by atoms with Crippen LogP contribution in [-0.2, 0) is 24.3 Å². The van der Waals surface area contributed by atoms with Crippen molar-refractivity contribution in [3.05, 3.63) is 23.8 Å². The number of rotatable bonds is 3. The van der Waals surface area contributed by atoms with Gasteiger partial charge in [0, 0.05) is 37.4 Å². The van der Waals surface area contributed by atoms with E-state index in [4.69, 9.17) is 14.0 Å². The quantitative estimate of drug-likeness (QED) is 0.459. The highest BCUT2D eigenvalue weighted by Gasteiger charge is 2.57. The maximum Gasteiger partial charge on any atom is 0.494 e. The summed E-state index contributed by atoms with van der Waals surface area (Å²) in [5.74, 6) is 0.120. The molecule has 1 aromatic rings. The summed E-state index contributed by atoms with van der Waals surface area (Å²) >= 11 is 0. The fourth-order valence-electron chi connectivity index (χ4n) is 7.59. The lowest BCUT2D eigenvalue weighted by atomic mass is 9.71. The number of hydrogen-bond acceptors (Lipinski definition) is 6. The number of halogens is 1. The number of carbonyl (C=O) groups excluding carboxylic acids is 2. The molecule has 0 bridgehead atoms. The molecule has 2 amide bonds. The summed E-state index contributed by atoms with van der Waals surface area (Å²) in [6, 6.07) is 6.57. The summed E-state index contributed by atoms with van der Waals surface area (Å²) < 4.78 is 33.2. The van der Waals surface area contributed by atoms with Gasteiger partial charge in [-0.3, -0.25) is 9.69 Å². The number of amides is 2. The Hall–Kier alpha value is -2.17. The Labute approximate surface area is 256 Å². The fourth-order valence-corrected chi connectivity index (χ4v) is 7.59. The average molecular weight is 598 g/mol. The van der Waals surface area contributed by atoms with Crippen molar-refractivity contribution in [2.24, 2.45) is 0 Å². The maximum atomic E-state index is 14.9.